The Bertz CT molecular complexity index is 860. The number of alkyl halides is 3. The number of aryl methyl sites for hydroxylation is 1. The maximum atomic E-state index is 12.7. The highest BCUT2D eigenvalue weighted by molar-refractivity contribution is 5.92. The Morgan fingerprint density at radius 1 is 1.28 bits per heavy atom. The number of ether oxygens (including phenoxy) is 1. The molecule has 3 rings (SSSR count). The van der Waals surface area contributed by atoms with Crippen molar-refractivity contribution in [2.45, 2.75) is 12.3 Å². The summed E-state index contributed by atoms with van der Waals surface area (Å²) in [4.78, 5) is 28.6. The maximum Gasteiger partial charge on any atom is 0.416 e. The van der Waals surface area contributed by atoms with Crippen LogP contribution >= 0.6 is 0 Å². The molecule has 0 aromatic carbocycles. The van der Waals surface area contributed by atoms with Gasteiger partial charge in [0, 0.05) is 25.4 Å². The lowest BCUT2D eigenvalue weighted by Crippen LogP contribution is -2.56. The molecule has 3 heterocycles. The summed E-state index contributed by atoms with van der Waals surface area (Å²) in [6, 6.07) is 4.24. The zero-order chi connectivity index (χ0) is 18.2. The summed E-state index contributed by atoms with van der Waals surface area (Å²) in [7, 11) is 1.43. The molecule has 0 radical (unpaired) electrons. The number of rotatable bonds is 3. The number of nitrogens with zero attached hydrogens (tertiary/aromatic N) is 4. The molecular weight excluding hydrogens is 341 g/mol. The highest BCUT2D eigenvalue weighted by atomic mass is 19.4. The van der Waals surface area contributed by atoms with E-state index in [9.17, 15) is 22.8 Å². The first-order valence-electron chi connectivity index (χ1n) is 7.27. The molecule has 0 saturated carbocycles. The lowest BCUT2D eigenvalue weighted by atomic mass is 10.1. The molecule has 1 aliphatic rings. The molecule has 2 aromatic rings. The van der Waals surface area contributed by atoms with Crippen molar-refractivity contribution in [3.8, 4) is 5.88 Å². The van der Waals surface area contributed by atoms with E-state index in [4.69, 9.17) is 4.74 Å². The fraction of sp³-hybridized carbons (Fsp3) is 0.333. The van der Waals surface area contributed by atoms with Crippen LogP contribution in [0.2, 0.25) is 0 Å². The lowest BCUT2D eigenvalue weighted by molar-refractivity contribution is -0.137. The first-order chi connectivity index (χ1) is 11.7. The molecule has 1 fully saturated rings. The molecule has 10 heteroatoms. The van der Waals surface area contributed by atoms with Crippen LogP contribution < -0.4 is 10.3 Å². The van der Waals surface area contributed by atoms with Crippen LogP contribution in [-0.2, 0) is 13.2 Å². The van der Waals surface area contributed by atoms with Crippen LogP contribution in [0.1, 0.15) is 16.1 Å². The van der Waals surface area contributed by atoms with Crippen molar-refractivity contribution < 1.29 is 22.7 Å². The second kappa shape index (κ2) is 6.19. The summed E-state index contributed by atoms with van der Waals surface area (Å²) >= 11 is 0. The smallest absolute Gasteiger partial charge is 0.416 e. The van der Waals surface area contributed by atoms with E-state index in [-0.39, 0.29) is 36.1 Å². The van der Waals surface area contributed by atoms with Crippen LogP contribution in [0.3, 0.4) is 0 Å². The molecule has 1 saturated heterocycles. The standard InChI is InChI=1S/C15H13F3N4O3/c1-21-13(23)3-2-11(20-21)14(24)22-7-10(8-22)25-12-6-9(4-5-19-12)15(16,17)18/h2-6,10H,7-8H2,1H3. The molecular formula is C15H13F3N4O3. The number of halogens is 3. The van der Waals surface area contributed by atoms with Gasteiger partial charge in [-0.2, -0.15) is 18.3 Å². The molecule has 0 spiro atoms. The van der Waals surface area contributed by atoms with E-state index < -0.39 is 17.8 Å². The number of amides is 1. The van der Waals surface area contributed by atoms with Gasteiger partial charge in [-0.05, 0) is 12.1 Å². The van der Waals surface area contributed by atoms with Crippen LogP contribution in [0.4, 0.5) is 13.2 Å². The average molecular weight is 354 g/mol. The molecule has 0 atom stereocenters. The Balaban J connectivity index is 1.60. The van der Waals surface area contributed by atoms with Gasteiger partial charge in [0.2, 0.25) is 5.88 Å². The first-order valence-corrected chi connectivity index (χ1v) is 7.27. The van der Waals surface area contributed by atoms with Crippen LogP contribution in [0, 0.1) is 0 Å². The fourth-order valence-corrected chi connectivity index (χ4v) is 2.28. The second-order valence-corrected chi connectivity index (χ2v) is 5.51. The Morgan fingerprint density at radius 2 is 2.00 bits per heavy atom. The third kappa shape index (κ3) is 3.62. The quantitative estimate of drug-likeness (QED) is 0.825. The van der Waals surface area contributed by atoms with Crippen LogP contribution in [0.25, 0.3) is 0 Å². The van der Waals surface area contributed by atoms with Gasteiger partial charge < -0.3 is 9.64 Å². The number of hydrogen-bond acceptors (Lipinski definition) is 5. The molecule has 7 nitrogen and oxygen atoms in total. The van der Waals surface area contributed by atoms with Gasteiger partial charge >= 0.3 is 6.18 Å². The predicted molar refractivity (Wildman–Crippen MR) is 79.0 cm³/mol. The summed E-state index contributed by atoms with van der Waals surface area (Å²) in [6.45, 7) is 0.391. The van der Waals surface area contributed by atoms with Crippen molar-refractivity contribution in [3.05, 3.63) is 52.1 Å². The van der Waals surface area contributed by atoms with Gasteiger partial charge in [0.1, 0.15) is 11.8 Å². The van der Waals surface area contributed by atoms with Crippen molar-refractivity contribution in [1.82, 2.24) is 19.7 Å². The largest absolute Gasteiger partial charge is 0.471 e. The summed E-state index contributed by atoms with van der Waals surface area (Å²) in [6.07, 6.45) is -3.90. The average Bonchev–Trinajstić information content (AvgIpc) is 2.52. The number of aromatic nitrogens is 3. The zero-order valence-corrected chi connectivity index (χ0v) is 13.0. The van der Waals surface area contributed by atoms with Crippen molar-refractivity contribution in [1.29, 1.82) is 0 Å². The first kappa shape index (κ1) is 16.9. The normalized spacial score (nSPS) is 15.0. The molecule has 0 N–H and O–H groups in total. The minimum Gasteiger partial charge on any atom is -0.471 e. The maximum absolute atomic E-state index is 12.7. The van der Waals surface area contributed by atoms with Gasteiger partial charge in [-0.3, -0.25) is 9.59 Å². The van der Waals surface area contributed by atoms with Gasteiger partial charge in [-0.15, -0.1) is 0 Å². The topological polar surface area (TPSA) is 77.3 Å². The Kier molecular flexibility index (Phi) is 4.19. The van der Waals surface area contributed by atoms with Gasteiger partial charge in [0.15, 0.2) is 0 Å². The van der Waals surface area contributed by atoms with Gasteiger partial charge in [0.05, 0.1) is 18.7 Å². The van der Waals surface area contributed by atoms with Crippen molar-refractivity contribution >= 4 is 5.91 Å². The molecule has 0 unspecified atom stereocenters. The summed E-state index contributed by atoms with van der Waals surface area (Å²) in [5.74, 6) is -0.528. The highest BCUT2D eigenvalue weighted by Gasteiger charge is 2.35. The number of hydrogen-bond donors (Lipinski definition) is 0. The van der Waals surface area contributed by atoms with Crippen LogP contribution in [-0.4, -0.2) is 44.8 Å². The molecule has 1 amide bonds. The summed E-state index contributed by atoms with van der Waals surface area (Å²) < 4.78 is 44.4. The SMILES string of the molecule is Cn1nc(C(=O)N2CC(Oc3cc(C(F)(F)F)ccn3)C2)ccc1=O. The van der Waals surface area contributed by atoms with Gasteiger partial charge in [-0.25, -0.2) is 9.67 Å². The monoisotopic (exact) mass is 354 g/mol. The van der Waals surface area contributed by atoms with Crippen molar-refractivity contribution in [2.24, 2.45) is 7.05 Å². The van der Waals surface area contributed by atoms with E-state index in [2.05, 4.69) is 10.1 Å². The third-order valence-electron chi connectivity index (χ3n) is 3.66. The number of likely N-dealkylation sites (tertiary alicyclic amines) is 1. The van der Waals surface area contributed by atoms with Crippen LogP contribution in [0.5, 0.6) is 5.88 Å². The molecule has 0 aliphatic carbocycles. The van der Waals surface area contributed by atoms with E-state index >= 15 is 0 Å². The van der Waals surface area contributed by atoms with Crippen molar-refractivity contribution in [3.63, 3.8) is 0 Å². The third-order valence-corrected chi connectivity index (χ3v) is 3.66. The molecule has 25 heavy (non-hydrogen) atoms. The minimum absolute atomic E-state index is 0.109. The van der Waals surface area contributed by atoms with E-state index in [1.54, 1.807) is 0 Å². The summed E-state index contributed by atoms with van der Waals surface area (Å²) in [5.41, 5.74) is -1.08. The molecule has 0 bridgehead atoms. The van der Waals surface area contributed by atoms with E-state index in [0.29, 0.717) is 0 Å². The van der Waals surface area contributed by atoms with Gasteiger partial charge in [-0.1, -0.05) is 0 Å². The van der Waals surface area contributed by atoms with Crippen molar-refractivity contribution in [2.75, 3.05) is 13.1 Å². The number of carbonyl (C=O) groups is 1. The fourth-order valence-electron chi connectivity index (χ4n) is 2.28. The van der Waals surface area contributed by atoms with E-state index in [0.717, 1.165) is 23.0 Å². The Labute approximate surface area is 139 Å². The minimum atomic E-state index is -4.47. The molecule has 132 valence electrons. The highest BCUT2D eigenvalue weighted by Crippen LogP contribution is 2.31. The lowest BCUT2D eigenvalue weighted by Gasteiger charge is -2.38. The van der Waals surface area contributed by atoms with Gasteiger partial charge in [0.25, 0.3) is 11.5 Å². The molecule has 2 aromatic heterocycles. The Hall–Kier alpha value is -2.91. The molecule has 1 aliphatic heterocycles. The Morgan fingerprint density at radius 3 is 2.64 bits per heavy atom. The number of pyridine rings is 1. The van der Waals surface area contributed by atoms with E-state index in [1.807, 2.05) is 0 Å². The predicted octanol–water partition coefficient (Wildman–Crippen LogP) is 1.10. The van der Waals surface area contributed by atoms with E-state index in [1.165, 1.54) is 24.1 Å². The van der Waals surface area contributed by atoms with Crippen LogP contribution in [0.15, 0.2) is 35.3 Å². The second-order valence-electron chi connectivity index (χ2n) is 5.51. The zero-order valence-electron chi connectivity index (χ0n) is 13.0. The summed E-state index contributed by atoms with van der Waals surface area (Å²) in [5, 5.41) is 3.86. The number of carbonyl (C=O) groups excluding carboxylic acids is 1.